The second-order valence-electron chi connectivity index (χ2n) is 8.81. The van der Waals surface area contributed by atoms with E-state index in [-0.39, 0.29) is 11.2 Å². The van der Waals surface area contributed by atoms with E-state index in [0.717, 1.165) is 34.9 Å². The molecule has 156 valence electrons. The third kappa shape index (κ3) is 4.16. The Morgan fingerprint density at radius 1 is 1.03 bits per heavy atom. The van der Waals surface area contributed by atoms with Crippen LogP contribution in [0.5, 0.6) is 5.75 Å². The Hall–Kier alpha value is -2.56. The van der Waals surface area contributed by atoms with Crippen molar-refractivity contribution < 1.29 is 9.47 Å². The molecule has 0 amide bonds. The summed E-state index contributed by atoms with van der Waals surface area (Å²) in [6, 6.07) is 15.7. The van der Waals surface area contributed by atoms with Crippen molar-refractivity contribution in [1.29, 1.82) is 0 Å². The number of hydrogen-bond donors (Lipinski definition) is 0. The maximum absolute atomic E-state index is 6.22. The standard InChI is InChI=1S/C25H27ClN2O2/c1-24(2)14-17(15-25(3,4)30-24)21-16-28(19-12-10-18(26)11-13-19)23(27-21)20-8-6-7-9-22(20)29-5/h6-14,16H,15H2,1-5H3. The maximum atomic E-state index is 6.22. The first-order valence-corrected chi connectivity index (χ1v) is 10.5. The number of methoxy groups -OCH3 is 1. The molecule has 5 heteroatoms. The van der Waals surface area contributed by atoms with Crippen LogP contribution in [0.1, 0.15) is 39.8 Å². The zero-order valence-electron chi connectivity index (χ0n) is 18.1. The number of benzene rings is 2. The Bertz CT molecular complexity index is 1090. The summed E-state index contributed by atoms with van der Waals surface area (Å²) in [5, 5.41) is 0.702. The summed E-state index contributed by atoms with van der Waals surface area (Å²) in [4.78, 5) is 5.07. The van der Waals surface area contributed by atoms with E-state index in [2.05, 4.69) is 44.5 Å². The third-order valence-electron chi connectivity index (χ3n) is 5.16. The third-order valence-corrected chi connectivity index (χ3v) is 5.42. The molecule has 2 aromatic carbocycles. The fourth-order valence-corrected chi connectivity index (χ4v) is 4.35. The van der Waals surface area contributed by atoms with Crippen LogP contribution >= 0.6 is 11.6 Å². The molecule has 0 atom stereocenters. The normalized spacial score (nSPS) is 17.5. The molecular weight excluding hydrogens is 396 g/mol. The molecule has 1 aromatic heterocycles. The number of hydrogen-bond acceptors (Lipinski definition) is 3. The smallest absolute Gasteiger partial charge is 0.148 e. The molecule has 1 aliphatic heterocycles. The monoisotopic (exact) mass is 422 g/mol. The van der Waals surface area contributed by atoms with Gasteiger partial charge in [0.15, 0.2) is 0 Å². The Balaban J connectivity index is 1.91. The first-order valence-electron chi connectivity index (χ1n) is 10.1. The number of nitrogens with zero attached hydrogens (tertiary/aromatic N) is 2. The van der Waals surface area contributed by atoms with E-state index < -0.39 is 0 Å². The lowest BCUT2D eigenvalue weighted by Crippen LogP contribution is -2.39. The van der Waals surface area contributed by atoms with E-state index in [0.29, 0.717) is 5.02 Å². The highest BCUT2D eigenvalue weighted by Gasteiger charge is 2.35. The minimum Gasteiger partial charge on any atom is -0.496 e. The van der Waals surface area contributed by atoms with E-state index in [1.165, 1.54) is 5.57 Å². The van der Waals surface area contributed by atoms with E-state index in [1.807, 2.05) is 48.5 Å². The SMILES string of the molecule is COc1ccccc1-c1nc(C2=CC(C)(C)OC(C)(C)C2)cn1-c1ccc(Cl)cc1. The maximum Gasteiger partial charge on any atom is 0.148 e. The summed E-state index contributed by atoms with van der Waals surface area (Å²) < 4.78 is 13.9. The van der Waals surface area contributed by atoms with Crippen LogP contribution in [0.2, 0.25) is 5.02 Å². The van der Waals surface area contributed by atoms with Crippen molar-refractivity contribution in [3.8, 4) is 22.8 Å². The number of halogens is 1. The van der Waals surface area contributed by atoms with Crippen molar-refractivity contribution in [2.24, 2.45) is 0 Å². The summed E-state index contributed by atoms with van der Waals surface area (Å²) in [5.74, 6) is 1.61. The predicted molar refractivity (Wildman–Crippen MR) is 122 cm³/mol. The molecule has 30 heavy (non-hydrogen) atoms. The van der Waals surface area contributed by atoms with Gasteiger partial charge in [-0.2, -0.15) is 0 Å². The molecule has 4 rings (SSSR count). The minimum absolute atomic E-state index is 0.262. The first kappa shape index (κ1) is 20.7. The molecule has 0 unspecified atom stereocenters. The Morgan fingerprint density at radius 3 is 2.40 bits per heavy atom. The van der Waals surface area contributed by atoms with E-state index >= 15 is 0 Å². The number of imidazole rings is 1. The quantitative estimate of drug-likeness (QED) is 0.477. The van der Waals surface area contributed by atoms with Gasteiger partial charge in [-0.1, -0.05) is 23.7 Å². The molecule has 0 bridgehead atoms. The molecule has 2 heterocycles. The number of aromatic nitrogens is 2. The second kappa shape index (κ2) is 7.60. The van der Waals surface area contributed by atoms with E-state index in [1.54, 1.807) is 7.11 Å². The van der Waals surface area contributed by atoms with Crippen molar-refractivity contribution in [3.05, 3.63) is 71.5 Å². The van der Waals surface area contributed by atoms with Gasteiger partial charge in [-0.25, -0.2) is 4.98 Å². The highest BCUT2D eigenvalue weighted by molar-refractivity contribution is 6.30. The highest BCUT2D eigenvalue weighted by atomic mass is 35.5. The number of rotatable bonds is 4. The van der Waals surface area contributed by atoms with Gasteiger partial charge in [-0.3, -0.25) is 4.57 Å². The number of para-hydroxylation sites is 1. The van der Waals surface area contributed by atoms with Crippen LogP contribution in [0.4, 0.5) is 0 Å². The van der Waals surface area contributed by atoms with Gasteiger partial charge < -0.3 is 9.47 Å². The lowest BCUT2D eigenvalue weighted by molar-refractivity contribution is -0.100. The van der Waals surface area contributed by atoms with Gasteiger partial charge in [0.1, 0.15) is 11.6 Å². The summed E-state index contributed by atoms with van der Waals surface area (Å²) in [6.07, 6.45) is 5.06. The number of ether oxygens (including phenoxy) is 2. The molecule has 1 aliphatic rings. The molecule has 0 N–H and O–H groups in total. The summed E-state index contributed by atoms with van der Waals surface area (Å²) in [6.45, 7) is 8.43. The summed E-state index contributed by atoms with van der Waals surface area (Å²) in [7, 11) is 1.68. The average molecular weight is 423 g/mol. The van der Waals surface area contributed by atoms with Gasteiger partial charge in [-0.15, -0.1) is 0 Å². The lowest BCUT2D eigenvalue weighted by Gasteiger charge is -2.39. The molecule has 3 aromatic rings. The van der Waals surface area contributed by atoms with Crippen molar-refractivity contribution in [2.45, 2.75) is 45.3 Å². The fraction of sp³-hybridized carbons (Fsp3) is 0.320. The van der Waals surface area contributed by atoms with Gasteiger partial charge in [0.25, 0.3) is 0 Å². The van der Waals surface area contributed by atoms with E-state index in [9.17, 15) is 0 Å². The van der Waals surface area contributed by atoms with Crippen molar-refractivity contribution >= 4 is 17.2 Å². The molecule has 0 saturated heterocycles. The first-order chi connectivity index (χ1) is 14.2. The van der Waals surface area contributed by atoms with Crippen molar-refractivity contribution in [2.75, 3.05) is 7.11 Å². The fourth-order valence-electron chi connectivity index (χ4n) is 4.22. The van der Waals surface area contributed by atoms with Crippen molar-refractivity contribution in [1.82, 2.24) is 9.55 Å². The summed E-state index contributed by atoms with van der Waals surface area (Å²) in [5.41, 5.74) is 3.43. The zero-order valence-corrected chi connectivity index (χ0v) is 18.8. The topological polar surface area (TPSA) is 36.3 Å². The molecular formula is C25H27ClN2O2. The molecule has 0 radical (unpaired) electrons. The second-order valence-corrected chi connectivity index (χ2v) is 9.24. The Labute approximate surface area is 183 Å². The van der Waals surface area contributed by atoms with Crippen LogP contribution in [0.25, 0.3) is 22.6 Å². The van der Waals surface area contributed by atoms with Gasteiger partial charge in [0, 0.05) is 23.3 Å². The van der Waals surface area contributed by atoms with Crippen LogP contribution in [-0.4, -0.2) is 27.9 Å². The highest BCUT2D eigenvalue weighted by Crippen LogP contribution is 2.40. The molecule has 0 aliphatic carbocycles. The summed E-state index contributed by atoms with van der Waals surface area (Å²) >= 11 is 6.13. The van der Waals surface area contributed by atoms with Crippen LogP contribution < -0.4 is 4.74 Å². The largest absolute Gasteiger partial charge is 0.496 e. The molecule has 0 fully saturated rings. The van der Waals surface area contributed by atoms with Gasteiger partial charge in [0.05, 0.1) is 29.6 Å². The van der Waals surface area contributed by atoms with Crippen LogP contribution in [0.15, 0.2) is 60.8 Å². The van der Waals surface area contributed by atoms with Crippen LogP contribution in [0.3, 0.4) is 0 Å². The Kier molecular flexibility index (Phi) is 5.25. The van der Waals surface area contributed by atoms with Gasteiger partial charge in [-0.05, 0) is 75.7 Å². The Morgan fingerprint density at radius 2 is 1.73 bits per heavy atom. The molecule has 0 saturated carbocycles. The van der Waals surface area contributed by atoms with Crippen LogP contribution in [-0.2, 0) is 4.74 Å². The zero-order chi connectivity index (χ0) is 21.5. The predicted octanol–water partition coefficient (Wildman–Crippen LogP) is 6.56. The molecule has 4 nitrogen and oxygen atoms in total. The minimum atomic E-state index is -0.355. The average Bonchev–Trinajstić information content (AvgIpc) is 3.11. The van der Waals surface area contributed by atoms with Gasteiger partial charge in [0.2, 0.25) is 0 Å². The van der Waals surface area contributed by atoms with E-state index in [4.69, 9.17) is 26.1 Å². The lowest BCUT2D eigenvalue weighted by atomic mass is 9.88. The molecule has 0 spiro atoms. The van der Waals surface area contributed by atoms with Crippen molar-refractivity contribution in [3.63, 3.8) is 0 Å². The van der Waals surface area contributed by atoms with Crippen LogP contribution in [0, 0.1) is 0 Å². The van der Waals surface area contributed by atoms with Gasteiger partial charge >= 0.3 is 0 Å².